The van der Waals surface area contributed by atoms with Gasteiger partial charge >= 0.3 is 18.2 Å². The zero-order chi connectivity index (χ0) is 30.9. The summed E-state index contributed by atoms with van der Waals surface area (Å²) in [6, 6.07) is 5.80. The van der Waals surface area contributed by atoms with Gasteiger partial charge in [0.2, 0.25) is 5.43 Å². The molecular weight excluding hydrogens is 585 g/mol. The molecule has 1 aliphatic rings. The lowest BCUT2D eigenvalue weighted by atomic mass is 9.98. The number of nitrogens with zero attached hydrogens (tertiary/aromatic N) is 4. The van der Waals surface area contributed by atoms with Gasteiger partial charge in [-0.25, -0.2) is 19.6 Å². The maximum absolute atomic E-state index is 13.4. The number of piperidine rings is 1. The second-order valence-electron chi connectivity index (χ2n) is 10.1. The van der Waals surface area contributed by atoms with Crippen LogP contribution in [0.25, 0.3) is 32.6 Å². The first kappa shape index (κ1) is 30.2. The predicted molar refractivity (Wildman–Crippen MR) is 158 cm³/mol. The highest BCUT2D eigenvalue weighted by atomic mass is 32.1. The number of alkyl halides is 3. The Kier molecular flexibility index (Phi) is 8.51. The molecule has 4 aromatic rings. The molecule has 1 aromatic carbocycles. The van der Waals surface area contributed by atoms with Crippen LogP contribution in [0.3, 0.4) is 0 Å². The minimum Gasteiger partial charge on any atom is -0.477 e. The number of pyridine rings is 2. The fourth-order valence-electron chi connectivity index (χ4n) is 5.30. The third kappa shape index (κ3) is 6.25. The molecule has 3 N–H and O–H groups in total. The molecule has 0 bridgehead atoms. The van der Waals surface area contributed by atoms with Gasteiger partial charge in [0, 0.05) is 53.4 Å². The van der Waals surface area contributed by atoms with E-state index in [1.807, 2.05) is 4.57 Å². The minimum atomic E-state index is -4.65. The van der Waals surface area contributed by atoms with Crippen molar-refractivity contribution in [1.29, 1.82) is 0 Å². The number of halogens is 3. The first-order valence-electron chi connectivity index (χ1n) is 13.7. The van der Waals surface area contributed by atoms with Gasteiger partial charge in [-0.15, -0.1) is 11.3 Å². The van der Waals surface area contributed by atoms with Gasteiger partial charge in [0.25, 0.3) is 0 Å². The van der Waals surface area contributed by atoms with E-state index in [1.165, 1.54) is 24.5 Å². The predicted octanol–water partition coefficient (Wildman–Crippen LogP) is 5.70. The molecule has 5 rings (SSSR count). The van der Waals surface area contributed by atoms with E-state index in [9.17, 15) is 32.7 Å². The van der Waals surface area contributed by atoms with Crippen molar-refractivity contribution in [1.82, 2.24) is 24.8 Å². The van der Waals surface area contributed by atoms with E-state index in [-0.39, 0.29) is 33.4 Å². The van der Waals surface area contributed by atoms with Crippen LogP contribution in [0.5, 0.6) is 0 Å². The molecule has 2 amide bonds. The second kappa shape index (κ2) is 12.1. The molecule has 0 aliphatic carbocycles. The molecule has 1 unspecified atom stereocenters. The first-order chi connectivity index (χ1) is 20.5. The van der Waals surface area contributed by atoms with Gasteiger partial charge in [0.15, 0.2) is 5.69 Å². The summed E-state index contributed by atoms with van der Waals surface area (Å²) in [5.74, 6) is -1.26. The van der Waals surface area contributed by atoms with Crippen molar-refractivity contribution < 1.29 is 27.9 Å². The topological polar surface area (TPSA) is 129 Å². The lowest BCUT2D eigenvalue weighted by Gasteiger charge is -2.34. The van der Waals surface area contributed by atoms with Gasteiger partial charge in [-0.2, -0.15) is 13.2 Å². The molecule has 1 saturated heterocycles. The minimum absolute atomic E-state index is 0.0299. The van der Waals surface area contributed by atoms with Gasteiger partial charge in [0.1, 0.15) is 16.4 Å². The number of rotatable bonds is 7. The highest BCUT2D eigenvalue weighted by molar-refractivity contribution is 7.13. The number of carbonyl (C=O) groups is 2. The molecule has 0 radical (unpaired) electrons. The number of thiazole rings is 1. The monoisotopic (exact) mass is 614 g/mol. The van der Waals surface area contributed by atoms with Gasteiger partial charge in [0.05, 0.1) is 5.52 Å². The Bertz CT molecular complexity index is 1750. The van der Waals surface area contributed by atoms with E-state index >= 15 is 0 Å². The van der Waals surface area contributed by atoms with E-state index in [2.05, 4.69) is 32.4 Å². The van der Waals surface area contributed by atoms with Crippen molar-refractivity contribution in [2.45, 2.75) is 38.9 Å². The third-order valence-corrected chi connectivity index (χ3v) is 8.28. The molecular formula is C29H29F3N6O4S. The smallest absolute Gasteiger partial charge is 0.434 e. The largest absolute Gasteiger partial charge is 0.477 e. The lowest BCUT2D eigenvalue weighted by Crippen LogP contribution is -2.37. The van der Waals surface area contributed by atoms with Gasteiger partial charge in [-0.3, -0.25) is 10.1 Å². The van der Waals surface area contributed by atoms with E-state index in [4.69, 9.17) is 0 Å². The Morgan fingerprint density at radius 1 is 1.19 bits per heavy atom. The molecule has 14 heteroatoms. The van der Waals surface area contributed by atoms with Gasteiger partial charge in [-0.05, 0) is 56.6 Å². The summed E-state index contributed by atoms with van der Waals surface area (Å²) >= 11 is 0.777. The number of aromatic nitrogens is 3. The molecule has 0 saturated carbocycles. The number of amides is 2. The van der Waals surface area contributed by atoms with E-state index in [0.717, 1.165) is 42.6 Å². The average Bonchev–Trinajstić information content (AvgIpc) is 3.49. The van der Waals surface area contributed by atoms with Crippen LogP contribution in [0.4, 0.5) is 23.8 Å². The number of urea groups is 1. The molecule has 1 atom stereocenters. The summed E-state index contributed by atoms with van der Waals surface area (Å²) in [5.41, 5.74) is -0.508. The summed E-state index contributed by atoms with van der Waals surface area (Å²) in [5, 5.41) is 16.1. The number of likely N-dealkylation sites (tertiary alicyclic amines) is 1. The molecule has 0 spiro atoms. The van der Waals surface area contributed by atoms with E-state index in [0.29, 0.717) is 29.7 Å². The number of hydrogen-bond acceptors (Lipinski definition) is 7. The number of benzene rings is 1. The summed E-state index contributed by atoms with van der Waals surface area (Å²) < 4.78 is 42.1. The third-order valence-electron chi connectivity index (χ3n) is 7.40. The Hall–Kier alpha value is -4.30. The SMILES string of the molecule is CCNC(=O)Nc1cc(-c2nc(C(F)(F)F)cs2)c(-c2ccc3c(c2)c(=O)c(C(=O)O)cn3C2CCCN(CC)C2)cn1. The number of nitrogens with one attached hydrogen (secondary N) is 2. The zero-order valence-corrected chi connectivity index (χ0v) is 24.2. The first-order valence-corrected chi connectivity index (χ1v) is 14.6. The average molecular weight is 615 g/mol. The van der Waals surface area contributed by atoms with Crippen LogP contribution in [-0.4, -0.2) is 62.7 Å². The zero-order valence-electron chi connectivity index (χ0n) is 23.4. The second-order valence-corrected chi connectivity index (χ2v) is 11.0. The maximum Gasteiger partial charge on any atom is 0.434 e. The number of likely N-dealkylation sites (N-methyl/N-ethyl adjacent to an activating group) is 1. The van der Waals surface area contributed by atoms with Gasteiger partial charge in [-0.1, -0.05) is 13.0 Å². The highest BCUT2D eigenvalue weighted by Gasteiger charge is 2.34. The molecule has 1 aliphatic heterocycles. The van der Waals surface area contributed by atoms with E-state index in [1.54, 1.807) is 19.1 Å². The highest BCUT2D eigenvalue weighted by Crippen LogP contribution is 2.39. The molecule has 10 nitrogen and oxygen atoms in total. The molecule has 3 aromatic heterocycles. The van der Waals surface area contributed by atoms with E-state index < -0.39 is 29.3 Å². The van der Waals surface area contributed by atoms with Crippen molar-refractivity contribution in [3.63, 3.8) is 0 Å². The molecule has 4 heterocycles. The summed E-state index contributed by atoms with van der Waals surface area (Å²) in [4.78, 5) is 47.9. The Labute approximate surface area is 248 Å². The Balaban J connectivity index is 1.68. The van der Waals surface area contributed by atoms with Crippen LogP contribution in [0.1, 0.15) is 48.8 Å². The quantitative estimate of drug-likeness (QED) is 0.244. The number of carbonyl (C=O) groups excluding carboxylic acids is 1. The number of aromatic carboxylic acids is 1. The van der Waals surface area contributed by atoms with Crippen LogP contribution in [0, 0.1) is 0 Å². The van der Waals surface area contributed by atoms with Crippen LogP contribution in [0.15, 0.2) is 46.8 Å². The standard InChI is InChI=1S/C29H29F3N6O4S/c1-3-33-28(42)36-24-11-18(26-35-23(15-43-26)29(30,31)32)20(12-34-24)16-7-8-22-19(10-16)25(39)21(27(40)41)14-38(22)17-6-5-9-37(4-2)13-17/h7-8,10-12,14-15,17H,3-6,9,13H2,1-2H3,(H,40,41)(H2,33,34,36,42). The van der Waals surface area contributed by atoms with Crippen molar-refractivity contribution >= 4 is 40.1 Å². The van der Waals surface area contributed by atoms with Crippen LogP contribution >= 0.6 is 11.3 Å². The van der Waals surface area contributed by atoms with Crippen molar-refractivity contribution in [2.75, 3.05) is 31.5 Å². The number of carboxylic acid groups (broad SMARTS) is 1. The fraction of sp³-hybridized carbons (Fsp3) is 0.345. The number of fused-ring (bicyclic) bond motifs is 1. The summed E-state index contributed by atoms with van der Waals surface area (Å²) in [7, 11) is 0. The molecule has 226 valence electrons. The van der Waals surface area contributed by atoms with Crippen molar-refractivity contribution in [3.8, 4) is 21.7 Å². The van der Waals surface area contributed by atoms with Crippen LogP contribution in [-0.2, 0) is 6.18 Å². The van der Waals surface area contributed by atoms with Crippen LogP contribution in [0.2, 0.25) is 0 Å². The maximum atomic E-state index is 13.4. The normalized spacial score (nSPS) is 15.9. The van der Waals surface area contributed by atoms with Crippen molar-refractivity contribution in [3.05, 3.63) is 63.5 Å². The molecule has 43 heavy (non-hydrogen) atoms. The Morgan fingerprint density at radius 3 is 2.65 bits per heavy atom. The number of hydrogen-bond donors (Lipinski definition) is 3. The summed E-state index contributed by atoms with van der Waals surface area (Å²) in [6.07, 6.45) is -0.134. The Morgan fingerprint density at radius 2 is 1.98 bits per heavy atom. The van der Waals surface area contributed by atoms with Crippen molar-refractivity contribution in [2.24, 2.45) is 0 Å². The lowest BCUT2D eigenvalue weighted by molar-refractivity contribution is -0.140. The number of carboxylic acids is 1. The fourth-order valence-corrected chi connectivity index (χ4v) is 6.16. The summed E-state index contributed by atoms with van der Waals surface area (Å²) in [6.45, 7) is 6.63. The van der Waals surface area contributed by atoms with Gasteiger partial charge < -0.3 is 19.9 Å². The molecule has 1 fully saturated rings. The van der Waals surface area contributed by atoms with Crippen LogP contribution < -0.4 is 16.1 Å². The number of anilines is 1.